The summed E-state index contributed by atoms with van der Waals surface area (Å²) in [6.07, 6.45) is 1.94. The van der Waals surface area contributed by atoms with Gasteiger partial charge >= 0.3 is 0 Å². The van der Waals surface area contributed by atoms with Crippen LogP contribution < -0.4 is 9.62 Å². The van der Waals surface area contributed by atoms with Gasteiger partial charge in [0.05, 0.1) is 10.6 Å². The van der Waals surface area contributed by atoms with E-state index < -0.39 is 28.5 Å². The average Bonchev–Trinajstić information content (AvgIpc) is 3.03. The molecule has 7 nitrogen and oxygen atoms in total. The Hall–Kier alpha value is -3.41. The van der Waals surface area contributed by atoms with Crippen molar-refractivity contribution < 1.29 is 18.0 Å². The van der Waals surface area contributed by atoms with Crippen molar-refractivity contribution in [2.24, 2.45) is 0 Å². The average molecular weight is 744 g/mol. The number of anilines is 1. The van der Waals surface area contributed by atoms with Crippen molar-refractivity contribution in [2.45, 2.75) is 43.7 Å². The lowest BCUT2D eigenvalue weighted by Gasteiger charge is -2.34. The Labute approximate surface area is 278 Å². The van der Waals surface area contributed by atoms with Crippen molar-refractivity contribution in [2.75, 3.05) is 17.4 Å². The van der Waals surface area contributed by atoms with E-state index in [0.29, 0.717) is 17.3 Å². The fraction of sp³-hybridized carbons (Fsp3) is 0.235. The quantitative estimate of drug-likeness (QED) is 0.115. The van der Waals surface area contributed by atoms with Crippen molar-refractivity contribution in [1.82, 2.24) is 10.2 Å². The molecule has 0 aromatic heterocycles. The first-order valence-electron chi connectivity index (χ1n) is 14.4. The first-order chi connectivity index (χ1) is 21.2. The fourth-order valence-corrected chi connectivity index (χ4v) is 6.76. The van der Waals surface area contributed by atoms with Gasteiger partial charge in [0, 0.05) is 28.1 Å². The summed E-state index contributed by atoms with van der Waals surface area (Å²) in [5.74, 6) is -0.820. The molecule has 0 aliphatic rings. The summed E-state index contributed by atoms with van der Waals surface area (Å²) in [6.45, 7) is 2.06. The zero-order valence-corrected chi connectivity index (χ0v) is 28.1. The summed E-state index contributed by atoms with van der Waals surface area (Å²) in [4.78, 5) is 29.7. The number of benzene rings is 4. The minimum absolute atomic E-state index is 0.0595. The van der Waals surface area contributed by atoms with E-state index in [1.807, 2.05) is 43.3 Å². The molecule has 0 unspecified atom stereocenters. The number of halogens is 2. The SMILES string of the molecule is CCCCNC(=O)[C@H](Cc1ccccc1)N(Cc1cccc(Cl)c1)C(=O)CN(c1ccc(I)cc1)S(=O)(=O)c1ccccc1. The lowest BCUT2D eigenvalue weighted by molar-refractivity contribution is -0.140. The monoisotopic (exact) mass is 743 g/mol. The smallest absolute Gasteiger partial charge is 0.264 e. The minimum Gasteiger partial charge on any atom is -0.354 e. The predicted molar refractivity (Wildman–Crippen MR) is 184 cm³/mol. The van der Waals surface area contributed by atoms with Crippen LogP contribution in [0.15, 0.2) is 114 Å². The number of carbonyl (C=O) groups is 2. The second kappa shape index (κ2) is 16.1. The molecule has 1 atom stereocenters. The second-order valence-electron chi connectivity index (χ2n) is 10.3. The van der Waals surface area contributed by atoms with Gasteiger partial charge in [0.2, 0.25) is 11.8 Å². The Morgan fingerprint density at radius 1 is 0.864 bits per heavy atom. The zero-order valence-electron chi connectivity index (χ0n) is 24.4. The Morgan fingerprint density at radius 3 is 2.14 bits per heavy atom. The predicted octanol–water partition coefficient (Wildman–Crippen LogP) is 6.70. The molecule has 10 heteroatoms. The van der Waals surface area contributed by atoms with Crippen LogP contribution in [0.3, 0.4) is 0 Å². The van der Waals surface area contributed by atoms with Crippen LogP contribution in [0.5, 0.6) is 0 Å². The van der Waals surface area contributed by atoms with Crippen LogP contribution in [-0.2, 0) is 32.6 Å². The third kappa shape index (κ3) is 9.06. The first kappa shape index (κ1) is 33.5. The number of hydrogen-bond acceptors (Lipinski definition) is 4. The molecule has 0 aliphatic heterocycles. The maximum Gasteiger partial charge on any atom is 0.264 e. The van der Waals surface area contributed by atoms with Crippen LogP contribution >= 0.6 is 34.2 Å². The van der Waals surface area contributed by atoms with E-state index in [4.69, 9.17) is 11.6 Å². The molecular formula is C34H35ClIN3O4S. The van der Waals surface area contributed by atoms with Gasteiger partial charge in [-0.15, -0.1) is 0 Å². The molecule has 0 fully saturated rings. The van der Waals surface area contributed by atoms with Crippen LogP contribution in [0.1, 0.15) is 30.9 Å². The number of carbonyl (C=O) groups excluding carboxylic acids is 2. The summed E-state index contributed by atoms with van der Waals surface area (Å²) in [5.41, 5.74) is 1.94. The van der Waals surface area contributed by atoms with E-state index in [9.17, 15) is 18.0 Å². The minimum atomic E-state index is -4.14. The fourth-order valence-electron chi connectivity index (χ4n) is 4.75. The molecule has 4 rings (SSSR count). The molecule has 0 spiro atoms. The molecule has 0 bridgehead atoms. The van der Waals surface area contributed by atoms with Gasteiger partial charge in [-0.05, 0) is 88.7 Å². The van der Waals surface area contributed by atoms with Gasteiger partial charge in [-0.1, -0.05) is 85.6 Å². The summed E-state index contributed by atoms with van der Waals surface area (Å²) < 4.78 is 30.0. The molecule has 230 valence electrons. The highest BCUT2D eigenvalue weighted by Crippen LogP contribution is 2.26. The molecule has 0 saturated heterocycles. The highest BCUT2D eigenvalue weighted by atomic mass is 127. The zero-order chi connectivity index (χ0) is 31.5. The lowest BCUT2D eigenvalue weighted by Crippen LogP contribution is -2.53. The number of amides is 2. The highest BCUT2D eigenvalue weighted by Gasteiger charge is 2.34. The Morgan fingerprint density at radius 2 is 1.50 bits per heavy atom. The molecule has 0 heterocycles. The van der Waals surface area contributed by atoms with Gasteiger partial charge in [0.25, 0.3) is 10.0 Å². The number of unbranched alkanes of at least 4 members (excludes halogenated alkanes) is 1. The van der Waals surface area contributed by atoms with Crippen LogP contribution in [-0.4, -0.2) is 44.3 Å². The standard InChI is InChI=1S/C34H35ClIN3O4S/c1-2-3-21-37-34(41)32(23-26-11-6-4-7-12-26)38(24-27-13-10-14-28(35)22-27)33(40)25-39(30-19-17-29(36)18-20-30)44(42,43)31-15-8-5-9-16-31/h4-20,22,32H,2-3,21,23-25H2,1H3,(H,37,41)/t32-/m0/s1. The van der Waals surface area contributed by atoms with Crippen LogP contribution in [0, 0.1) is 3.57 Å². The molecule has 1 N–H and O–H groups in total. The largest absolute Gasteiger partial charge is 0.354 e. The molecule has 2 amide bonds. The van der Waals surface area contributed by atoms with Gasteiger partial charge in [-0.2, -0.15) is 0 Å². The van der Waals surface area contributed by atoms with Crippen molar-refractivity contribution >= 4 is 61.7 Å². The van der Waals surface area contributed by atoms with Crippen molar-refractivity contribution in [1.29, 1.82) is 0 Å². The summed E-state index contributed by atoms with van der Waals surface area (Å²) in [6, 6.07) is 30.6. The summed E-state index contributed by atoms with van der Waals surface area (Å²) in [7, 11) is -4.14. The molecule has 44 heavy (non-hydrogen) atoms. The number of rotatable bonds is 14. The lowest BCUT2D eigenvalue weighted by atomic mass is 10.0. The number of nitrogens with zero attached hydrogens (tertiary/aromatic N) is 2. The molecular weight excluding hydrogens is 709 g/mol. The Bertz CT molecular complexity index is 1640. The highest BCUT2D eigenvalue weighted by molar-refractivity contribution is 14.1. The van der Waals surface area contributed by atoms with Gasteiger partial charge in [-0.3, -0.25) is 13.9 Å². The molecule has 4 aromatic carbocycles. The van der Waals surface area contributed by atoms with Crippen LogP contribution in [0.4, 0.5) is 5.69 Å². The van der Waals surface area contributed by atoms with Crippen molar-refractivity contribution in [3.8, 4) is 0 Å². The van der Waals surface area contributed by atoms with Crippen molar-refractivity contribution in [3.63, 3.8) is 0 Å². The topological polar surface area (TPSA) is 86.8 Å². The first-order valence-corrected chi connectivity index (χ1v) is 17.3. The van der Waals surface area contributed by atoms with Crippen molar-refractivity contribution in [3.05, 3.63) is 129 Å². The number of nitrogens with one attached hydrogen (secondary N) is 1. The van der Waals surface area contributed by atoms with Gasteiger partial charge < -0.3 is 10.2 Å². The number of hydrogen-bond donors (Lipinski definition) is 1. The molecule has 4 aromatic rings. The Kier molecular flexibility index (Phi) is 12.2. The van der Waals surface area contributed by atoms with E-state index in [1.165, 1.54) is 17.0 Å². The summed E-state index contributed by atoms with van der Waals surface area (Å²) >= 11 is 8.44. The second-order valence-corrected chi connectivity index (χ2v) is 13.8. The van der Waals surface area contributed by atoms with E-state index in [2.05, 4.69) is 27.9 Å². The Balaban J connectivity index is 1.78. The van der Waals surface area contributed by atoms with E-state index in [0.717, 1.165) is 31.8 Å². The van der Waals surface area contributed by atoms with E-state index in [1.54, 1.807) is 60.7 Å². The molecule has 0 aliphatic carbocycles. The molecule has 0 radical (unpaired) electrons. The van der Waals surface area contributed by atoms with Crippen LogP contribution in [0.2, 0.25) is 5.02 Å². The van der Waals surface area contributed by atoms with Crippen LogP contribution in [0.25, 0.3) is 0 Å². The van der Waals surface area contributed by atoms with E-state index >= 15 is 0 Å². The van der Waals surface area contributed by atoms with E-state index in [-0.39, 0.29) is 23.8 Å². The van der Waals surface area contributed by atoms with Gasteiger partial charge in [0.1, 0.15) is 12.6 Å². The maximum absolute atomic E-state index is 14.4. The van der Waals surface area contributed by atoms with Gasteiger partial charge in [-0.25, -0.2) is 8.42 Å². The third-order valence-electron chi connectivity index (χ3n) is 7.07. The normalized spacial score (nSPS) is 11.9. The third-order valence-corrected chi connectivity index (χ3v) is 9.81. The maximum atomic E-state index is 14.4. The van der Waals surface area contributed by atoms with Gasteiger partial charge in [0.15, 0.2) is 0 Å². The summed E-state index contributed by atoms with van der Waals surface area (Å²) in [5, 5.41) is 3.49. The number of sulfonamides is 1. The molecule has 0 saturated carbocycles.